The molecule has 6 nitrogen and oxygen atoms in total. The normalized spacial score (nSPS) is 18.1. The van der Waals surface area contributed by atoms with Gasteiger partial charge in [-0.2, -0.15) is 0 Å². The van der Waals surface area contributed by atoms with Crippen molar-refractivity contribution in [3.63, 3.8) is 0 Å². The molecule has 6 heteroatoms. The van der Waals surface area contributed by atoms with E-state index in [2.05, 4.69) is 28.4 Å². The van der Waals surface area contributed by atoms with Gasteiger partial charge in [0.05, 0.1) is 12.8 Å². The highest BCUT2D eigenvalue weighted by molar-refractivity contribution is 5.93. The van der Waals surface area contributed by atoms with Crippen LogP contribution in [0.2, 0.25) is 0 Å². The van der Waals surface area contributed by atoms with Crippen molar-refractivity contribution in [3.05, 3.63) is 49.2 Å². The van der Waals surface area contributed by atoms with Crippen molar-refractivity contribution >= 4 is 17.3 Å². The lowest BCUT2D eigenvalue weighted by molar-refractivity contribution is -0.130. The minimum absolute atomic E-state index is 0.186. The van der Waals surface area contributed by atoms with Gasteiger partial charge < -0.3 is 14.8 Å². The second kappa shape index (κ2) is 8.24. The van der Waals surface area contributed by atoms with Gasteiger partial charge in [-0.15, -0.1) is 0 Å². The molecule has 2 heterocycles. The van der Waals surface area contributed by atoms with Gasteiger partial charge in [-0.1, -0.05) is 19.2 Å². The van der Waals surface area contributed by atoms with E-state index in [1.807, 2.05) is 0 Å². The predicted molar refractivity (Wildman–Crippen MR) is 88.6 cm³/mol. The number of nitrogens with zero attached hydrogens (tertiary/aromatic N) is 2. The molecule has 23 heavy (non-hydrogen) atoms. The van der Waals surface area contributed by atoms with E-state index in [0.717, 1.165) is 19.3 Å². The molecule has 0 aromatic carbocycles. The number of allylic oxidation sites excluding steroid dienone is 3. The van der Waals surface area contributed by atoms with Crippen molar-refractivity contribution in [2.24, 2.45) is 0 Å². The molecular weight excluding hydrogens is 294 g/mol. The van der Waals surface area contributed by atoms with E-state index in [1.165, 1.54) is 13.4 Å². The van der Waals surface area contributed by atoms with Crippen LogP contribution in [0.1, 0.15) is 25.0 Å². The molecule has 1 N–H and O–H groups in total. The summed E-state index contributed by atoms with van der Waals surface area (Å²) in [5, 5.41) is 2.77. The number of amides is 1. The smallest absolute Gasteiger partial charge is 0.254 e. The van der Waals surface area contributed by atoms with Gasteiger partial charge in [0, 0.05) is 18.2 Å². The van der Waals surface area contributed by atoms with Crippen molar-refractivity contribution in [1.82, 2.24) is 9.97 Å². The SMILES string of the molecule is C=C/C=C(\C(=C)OC)c1cc(NC(=O)C2CCCCO2)ncn1. The van der Waals surface area contributed by atoms with Gasteiger partial charge in [-0.25, -0.2) is 9.97 Å². The zero-order chi connectivity index (χ0) is 16.7. The summed E-state index contributed by atoms with van der Waals surface area (Å²) in [6.07, 6.45) is 7.04. The van der Waals surface area contributed by atoms with Crippen LogP contribution in [0.3, 0.4) is 0 Å². The Balaban J connectivity index is 2.15. The van der Waals surface area contributed by atoms with E-state index in [4.69, 9.17) is 9.47 Å². The lowest BCUT2D eigenvalue weighted by atomic mass is 10.1. The molecule has 2 rings (SSSR count). The van der Waals surface area contributed by atoms with Crippen LogP contribution < -0.4 is 5.32 Å². The number of rotatable bonds is 6. The molecule has 1 aliphatic heterocycles. The van der Waals surface area contributed by atoms with Crippen molar-refractivity contribution in [2.75, 3.05) is 19.0 Å². The molecule has 0 radical (unpaired) electrons. The van der Waals surface area contributed by atoms with Crippen LogP contribution in [0.25, 0.3) is 5.57 Å². The Hall–Kier alpha value is -2.47. The molecule has 0 aliphatic carbocycles. The molecule has 1 aliphatic rings. The molecule has 1 fully saturated rings. The maximum absolute atomic E-state index is 12.2. The number of methoxy groups -OCH3 is 1. The number of hydrogen-bond donors (Lipinski definition) is 1. The lowest BCUT2D eigenvalue weighted by Crippen LogP contribution is -2.33. The van der Waals surface area contributed by atoms with E-state index in [0.29, 0.717) is 29.5 Å². The number of ether oxygens (including phenoxy) is 2. The van der Waals surface area contributed by atoms with Gasteiger partial charge in [0.2, 0.25) is 0 Å². The van der Waals surface area contributed by atoms with Gasteiger partial charge in [0.15, 0.2) is 0 Å². The molecule has 0 bridgehead atoms. The number of carbonyl (C=O) groups is 1. The predicted octanol–water partition coefficient (Wildman–Crippen LogP) is 2.71. The van der Waals surface area contributed by atoms with Crippen molar-refractivity contribution in [3.8, 4) is 0 Å². The topological polar surface area (TPSA) is 73.3 Å². The molecule has 1 unspecified atom stereocenters. The molecule has 0 saturated carbocycles. The van der Waals surface area contributed by atoms with Crippen molar-refractivity contribution < 1.29 is 14.3 Å². The van der Waals surface area contributed by atoms with Gasteiger partial charge in [0.1, 0.15) is 24.0 Å². The molecular formula is C17H21N3O3. The summed E-state index contributed by atoms with van der Waals surface area (Å²) in [6.45, 7) is 8.12. The van der Waals surface area contributed by atoms with Gasteiger partial charge >= 0.3 is 0 Å². The molecule has 122 valence electrons. The fraction of sp³-hybridized carbons (Fsp3) is 0.353. The first-order valence-electron chi connectivity index (χ1n) is 7.46. The number of carbonyl (C=O) groups excluding carboxylic acids is 1. The average Bonchev–Trinajstić information content (AvgIpc) is 2.60. The number of aromatic nitrogens is 2. The maximum Gasteiger partial charge on any atom is 0.254 e. The third-order valence-electron chi connectivity index (χ3n) is 3.50. The zero-order valence-corrected chi connectivity index (χ0v) is 13.2. The summed E-state index contributed by atoms with van der Waals surface area (Å²) in [5.74, 6) is 0.679. The van der Waals surface area contributed by atoms with Crippen molar-refractivity contribution in [1.29, 1.82) is 0 Å². The van der Waals surface area contributed by atoms with Gasteiger partial charge in [-0.05, 0) is 25.3 Å². The fourth-order valence-corrected chi connectivity index (χ4v) is 2.28. The molecule has 1 aromatic heterocycles. The first-order valence-corrected chi connectivity index (χ1v) is 7.46. The first kappa shape index (κ1) is 16.9. The second-order valence-corrected chi connectivity index (χ2v) is 5.08. The van der Waals surface area contributed by atoms with E-state index in [1.54, 1.807) is 18.2 Å². The zero-order valence-electron chi connectivity index (χ0n) is 13.2. The van der Waals surface area contributed by atoms with Crippen LogP contribution in [-0.4, -0.2) is 35.7 Å². The van der Waals surface area contributed by atoms with Crippen molar-refractivity contribution in [2.45, 2.75) is 25.4 Å². The Morgan fingerprint density at radius 1 is 1.48 bits per heavy atom. The molecule has 1 aromatic rings. The molecule has 1 amide bonds. The molecule has 0 spiro atoms. The lowest BCUT2D eigenvalue weighted by Gasteiger charge is -2.21. The Morgan fingerprint density at radius 3 is 2.96 bits per heavy atom. The monoisotopic (exact) mass is 315 g/mol. The highest BCUT2D eigenvalue weighted by Crippen LogP contribution is 2.22. The van der Waals surface area contributed by atoms with Gasteiger partial charge in [-0.3, -0.25) is 4.79 Å². The largest absolute Gasteiger partial charge is 0.497 e. The second-order valence-electron chi connectivity index (χ2n) is 5.08. The highest BCUT2D eigenvalue weighted by Gasteiger charge is 2.22. The summed E-state index contributed by atoms with van der Waals surface area (Å²) < 4.78 is 10.6. The van der Waals surface area contributed by atoms with Crippen LogP contribution in [0.4, 0.5) is 5.82 Å². The van der Waals surface area contributed by atoms with Crippen LogP contribution >= 0.6 is 0 Å². The minimum atomic E-state index is -0.417. The number of nitrogens with one attached hydrogen (secondary N) is 1. The van der Waals surface area contributed by atoms with Gasteiger partial charge in [0.25, 0.3) is 5.91 Å². The average molecular weight is 315 g/mol. The molecule has 1 saturated heterocycles. The number of anilines is 1. The minimum Gasteiger partial charge on any atom is -0.497 e. The molecule has 1 atom stereocenters. The van der Waals surface area contributed by atoms with Crippen LogP contribution in [0.15, 0.2) is 43.5 Å². The maximum atomic E-state index is 12.2. The van der Waals surface area contributed by atoms with E-state index in [9.17, 15) is 4.79 Å². The van der Waals surface area contributed by atoms with E-state index >= 15 is 0 Å². The fourth-order valence-electron chi connectivity index (χ4n) is 2.28. The Morgan fingerprint density at radius 2 is 2.30 bits per heavy atom. The third kappa shape index (κ3) is 4.50. The number of hydrogen-bond acceptors (Lipinski definition) is 5. The summed E-state index contributed by atoms with van der Waals surface area (Å²) in [6, 6.07) is 1.67. The summed E-state index contributed by atoms with van der Waals surface area (Å²) in [4.78, 5) is 20.5. The Bertz CT molecular complexity index is 619. The van der Waals surface area contributed by atoms with E-state index < -0.39 is 6.10 Å². The van der Waals surface area contributed by atoms with Crippen LogP contribution in [-0.2, 0) is 14.3 Å². The van der Waals surface area contributed by atoms with Crippen LogP contribution in [0.5, 0.6) is 0 Å². The Labute approximate surface area is 135 Å². The summed E-state index contributed by atoms with van der Waals surface area (Å²) >= 11 is 0. The highest BCUT2D eigenvalue weighted by atomic mass is 16.5. The summed E-state index contributed by atoms with van der Waals surface area (Å²) in [5.41, 5.74) is 1.26. The standard InChI is InChI=1S/C17H21N3O3/c1-4-7-13(12(2)22-3)14-10-16(19-11-18-14)20-17(21)15-8-5-6-9-23-15/h4,7,10-11,15H,1-2,5-6,8-9H2,3H3,(H,18,19,20,21)/b13-7+. The third-order valence-corrected chi connectivity index (χ3v) is 3.50. The first-order chi connectivity index (χ1) is 11.2. The quantitative estimate of drug-likeness (QED) is 0.645. The van der Waals surface area contributed by atoms with E-state index in [-0.39, 0.29) is 5.91 Å². The Kier molecular flexibility index (Phi) is 6.05. The summed E-state index contributed by atoms with van der Waals surface area (Å²) in [7, 11) is 1.53. The van der Waals surface area contributed by atoms with Crippen LogP contribution in [0, 0.1) is 0 Å².